The number of aliphatic hydroxyl groups excluding tert-OH is 1. The van der Waals surface area contributed by atoms with Gasteiger partial charge in [0.05, 0.1) is 5.60 Å². The lowest BCUT2D eigenvalue weighted by molar-refractivity contribution is -0.119. The summed E-state index contributed by atoms with van der Waals surface area (Å²) in [4.78, 5) is 0. The highest BCUT2D eigenvalue weighted by Crippen LogP contribution is 2.43. The zero-order valence-electron chi connectivity index (χ0n) is 10.5. The standard InChI is InChI=1S/C14H18ClFO2/c1-2-18-14(7-3-4-8-14)13(17)11-6-5-10(15)9-12(11)16/h5-6,9,13,17H,2-4,7-8H2,1H3. The zero-order valence-corrected chi connectivity index (χ0v) is 11.2. The molecule has 1 aromatic carbocycles. The molecule has 0 radical (unpaired) electrons. The molecule has 0 bridgehead atoms. The van der Waals surface area contributed by atoms with E-state index in [1.807, 2.05) is 6.92 Å². The van der Waals surface area contributed by atoms with Gasteiger partial charge in [0.25, 0.3) is 0 Å². The van der Waals surface area contributed by atoms with Gasteiger partial charge < -0.3 is 9.84 Å². The first-order chi connectivity index (χ1) is 8.59. The van der Waals surface area contributed by atoms with Crippen molar-refractivity contribution in [2.45, 2.75) is 44.3 Å². The molecule has 18 heavy (non-hydrogen) atoms. The minimum Gasteiger partial charge on any atom is -0.385 e. The predicted octanol–water partition coefficient (Wildman–Crippen LogP) is 3.86. The fourth-order valence-electron chi connectivity index (χ4n) is 2.76. The van der Waals surface area contributed by atoms with Crippen LogP contribution in [0.2, 0.25) is 5.02 Å². The van der Waals surface area contributed by atoms with Gasteiger partial charge in [0.2, 0.25) is 0 Å². The summed E-state index contributed by atoms with van der Waals surface area (Å²) >= 11 is 5.72. The third-order valence-corrected chi connectivity index (χ3v) is 3.87. The van der Waals surface area contributed by atoms with Crippen molar-refractivity contribution in [3.05, 3.63) is 34.6 Å². The number of rotatable bonds is 4. The van der Waals surface area contributed by atoms with Crippen LogP contribution in [0.3, 0.4) is 0 Å². The highest BCUT2D eigenvalue weighted by atomic mass is 35.5. The van der Waals surface area contributed by atoms with Gasteiger partial charge in [-0.1, -0.05) is 30.5 Å². The van der Waals surface area contributed by atoms with Crippen LogP contribution in [0, 0.1) is 5.82 Å². The molecule has 0 amide bonds. The lowest BCUT2D eigenvalue weighted by atomic mass is 9.89. The fourth-order valence-corrected chi connectivity index (χ4v) is 2.92. The van der Waals surface area contributed by atoms with Crippen molar-refractivity contribution in [2.24, 2.45) is 0 Å². The molecule has 100 valence electrons. The highest BCUT2D eigenvalue weighted by molar-refractivity contribution is 6.30. The summed E-state index contributed by atoms with van der Waals surface area (Å²) in [7, 11) is 0. The maximum Gasteiger partial charge on any atom is 0.130 e. The van der Waals surface area contributed by atoms with Crippen molar-refractivity contribution in [2.75, 3.05) is 6.61 Å². The van der Waals surface area contributed by atoms with Gasteiger partial charge in [-0.25, -0.2) is 4.39 Å². The lowest BCUT2D eigenvalue weighted by Crippen LogP contribution is -2.37. The Bertz CT molecular complexity index is 416. The molecule has 0 spiro atoms. The van der Waals surface area contributed by atoms with Gasteiger partial charge in [-0.2, -0.15) is 0 Å². The van der Waals surface area contributed by atoms with Crippen LogP contribution in [0.25, 0.3) is 0 Å². The molecule has 1 aliphatic carbocycles. The van der Waals surface area contributed by atoms with Crippen LogP contribution in [0.5, 0.6) is 0 Å². The van der Waals surface area contributed by atoms with Crippen LogP contribution < -0.4 is 0 Å². The molecular weight excluding hydrogens is 255 g/mol. The third-order valence-electron chi connectivity index (χ3n) is 3.64. The Morgan fingerprint density at radius 1 is 1.44 bits per heavy atom. The van der Waals surface area contributed by atoms with Crippen molar-refractivity contribution in [1.82, 2.24) is 0 Å². The molecule has 1 unspecified atom stereocenters. The Balaban J connectivity index is 2.30. The van der Waals surface area contributed by atoms with Crippen molar-refractivity contribution >= 4 is 11.6 Å². The maximum atomic E-state index is 13.9. The van der Waals surface area contributed by atoms with Gasteiger partial charge in [-0.3, -0.25) is 0 Å². The largest absolute Gasteiger partial charge is 0.385 e. The summed E-state index contributed by atoms with van der Waals surface area (Å²) in [6.07, 6.45) is 2.62. The van der Waals surface area contributed by atoms with Crippen molar-refractivity contribution in [3.8, 4) is 0 Å². The minimum absolute atomic E-state index is 0.273. The van der Waals surface area contributed by atoms with Gasteiger partial charge >= 0.3 is 0 Å². The quantitative estimate of drug-likeness (QED) is 0.902. The second-order valence-electron chi connectivity index (χ2n) is 4.77. The van der Waals surface area contributed by atoms with E-state index in [1.54, 1.807) is 12.1 Å². The number of hydrogen-bond donors (Lipinski definition) is 1. The molecule has 0 heterocycles. The number of hydrogen-bond acceptors (Lipinski definition) is 2. The Labute approximate surface area is 112 Å². The first-order valence-corrected chi connectivity index (χ1v) is 6.74. The fraction of sp³-hybridized carbons (Fsp3) is 0.571. The van der Waals surface area contributed by atoms with E-state index < -0.39 is 17.5 Å². The normalized spacial score (nSPS) is 20.0. The van der Waals surface area contributed by atoms with Crippen molar-refractivity contribution < 1.29 is 14.2 Å². The van der Waals surface area contributed by atoms with Crippen LogP contribution in [-0.4, -0.2) is 17.3 Å². The molecule has 1 fully saturated rings. The molecule has 1 aliphatic rings. The molecular formula is C14H18ClFO2. The molecule has 0 saturated heterocycles. The lowest BCUT2D eigenvalue weighted by Gasteiger charge is -2.34. The minimum atomic E-state index is -0.933. The predicted molar refractivity (Wildman–Crippen MR) is 69.2 cm³/mol. The second-order valence-corrected chi connectivity index (χ2v) is 5.21. The SMILES string of the molecule is CCOC1(C(O)c2ccc(Cl)cc2F)CCCC1. The van der Waals surface area contributed by atoms with E-state index in [0.717, 1.165) is 25.7 Å². The molecule has 1 aromatic rings. The van der Waals surface area contributed by atoms with E-state index in [2.05, 4.69) is 0 Å². The molecule has 2 nitrogen and oxygen atoms in total. The topological polar surface area (TPSA) is 29.5 Å². The first kappa shape index (κ1) is 13.8. The van der Waals surface area contributed by atoms with Gasteiger partial charge in [-0.15, -0.1) is 0 Å². The van der Waals surface area contributed by atoms with E-state index in [4.69, 9.17) is 16.3 Å². The zero-order chi connectivity index (χ0) is 13.2. The Morgan fingerprint density at radius 2 is 2.11 bits per heavy atom. The van der Waals surface area contributed by atoms with Gasteiger partial charge in [0.1, 0.15) is 11.9 Å². The van der Waals surface area contributed by atoms with Crippen LogP contribution in [0.15, 0.2) is 18.2 Å². The Hall–Kier alpha value is -0.640. The average molecular weight is 273 g/mol. The van der Waals surface area contributed by atoms with E-state index in [0.29, 0.717) is 11.6 Å². The molecule has 4 heteroatoms. The van der Waals surface area contributed by atoms with Gasteiger partial charge in [-0.05, 0) is 31.9 Å². The van der Waals surface area contributed by atoms with Crippen LogP contribution in [0.4, 0.5) is 4.39 Å². The second kappa shape index (κ2) is 5.55. The monoisotopic (exact) mass is 272 g/mol. The number of aliphatic hydroxyl groups is 1. The van der Waals surface area contributed by atoms with E-state index in [9.17, 15) is 9.50 Å². The Kier molecular flexibility index (Phi) is 4.25. The van der Waals surface area contributed by atoms with E-state index in [1.165, 1.54) is 6.07 Å². The Morgan fingerprint density at radius 3 is 2.67 bits per heavy atom. The van der Waals surface area contributed by atoms with Crippen molar-refractivity contribution in [1.29, 1.82) is 0 Å². The summed E-state index contributed by atoms with van der Waals surface area (Å²) in [5.41, 5.74) is -0.363. The summed E-state index contributed by atoms with van der Waals surface area (Å²) in [5, 5.41) is 10.8. The third kappa shape index (κ3) is 2.53. The number of ether oxygens (including phenoxy) is 1. The molecule has 0 aliphatic heterocycles. The molecule has 2 rings (SSSR count). The first-order valence-electron chi connectivity index (χ1n) is 6.36. The van der Waals surface area contributed by atoms with Gasteiger partial charge in [0.15, 0.2) is 0 Å². The summed E-state index contributed by atoms with van der Waals surface area (Å²) < 4.78 is 19.6. The van der Waals surface area contributed by atoms with Crippen LogP contribution in [0.1, 0.15) is 44.3 Å². The number of benzene rings is 1. The van der Waals surface area contributed by atoms with Crippen molar-refractivity contribution in [3.63, 3.8) is 0 Å². The van der Waals surface area contributed by atoms with Gasteiger partial charge in [0, 0.05) is 17.2 Å². The molecule has 0 aromatic heterocycles. The summed E-state index contributed by atoms with van der Waals surface area (Å²) in [5.74, 6) is -0.471. The van der Waals surface area contributed by atoms with E-state index in [-0.39, 0.29) is 5.56 Å². The summed E-state index contributed by atoms with van der Waals surface area (Å²) in [6, 6.07) is 4.37. The van der Waals surface area contributed by atoms with Crippen LogP contribution >= 0.6 is 11.6 Å². The smallest absolute Gasteiger partial charge is 0.130 e. The van der Waals surface area contributed by atoms with E-state index >= 15 is 0 Å². The molecule has 1 saturated carbocycles. The average Bonchev–Trinajstić information content (AvgIpc) is 2.78. The highest BCUT2D eigenvalue weighted by Gasteiger charge is 2.43. The number of halogens is 2. The maximum absolute atomic E-state index is 13.9. The summed E-state index contributed by atoms with van der Waals surface area (Å²) in [6.45, 7) is 2.41. The molecule has 1 atom stereocenters. The molecule has 1 N–H and O–H groups in total. The van der Waals surface area contributed by atoms with Crippen LogP contribution in [-0.2, 0) is 4.74 Å².